The van der Waals surface area contributed by atoms with E-state index in [1.54, 1.807) is 0 Å². The van der Waals surface area contributed by atoms with Gasteiger partial charge in [-0.3, -0.25) is 0 Å². The summed E-state index contributed by atoms with van der Waals surface area (Å²) in [6, 6.07) is 1.32. The number of pyridine rings is 1. The van der Waals surface area contributed by atoms with Crippen LogP contribution < -0.4 is 4.90 Å². The molecule has 0 amide bonds. The minimum absolute atomic E-state index is 0.196. The van der Waals surface area contributed by atoms with Crippen molar-refractivity contribution in [2.24, 2.45) is 0 Å². The van der Waals surface area contributed by atoms with Crippen molar-refractivity contribution in [3.05, 3.63) is 23.6 Å². The Morgan fingerprint density at radius 2 is 2.39 bits per heavy atom. The number of hydrogen-bond donors (Lipinski definition) is 1. The van der Waals surface area contributed by atoms with Gasteiger partial charge in [-0.25, -0.2) is 9.37 Å². The van der Waals surface area contributed by atoms with E-state index in [1.807, 2.05) is 11.9 Å². The highest BCUT2D eigenvalue weighted by molar-refractivity contribution is 5.45. The first-order valence-electron chi connectivity index (χ1n) is 6.28. The minimum atomic E-state index is -0.426. The summed E-state index contributed by atoms with van der Waals surface area (Å²) in [6.45, 7) is 1.31. The van der Waals surface area contributed by atoms with E-state index in [0.717, 1.165) is 19.4 Å². The molecule has 0 saturated carbocycles. The summed E-state index contributed by atoms with van der Waals surface area (Å²) in [6.07, 6.45) is 4.72. The molecule has 0 radical (unpaired) electrons. The second-order valence-electron chi connectivity index (χ2n) is 4.66. The summed E-state index contributed by atoms with van der Waals surface area (Å²) < 4.78 is 18.7. The van der Waals surface area contributed by atoms with Crippen LogP contribution in [0.3, 0.4) is 0 Å². The molecule has 1 fully saturated rings. The molecule has 0 bridgehead atoms. The zero-order chi connectivity index (χ0) is 13.0. The van der Waals surface area contributed by atoms with Gasteiger partial charge in [-0.1, -0.05) is 0 Å². The third kappa shape index (κ3) is 3.17. The molecule has 1 aliphatic heterocycles. The Labute approximate surface area is 106 Å². The Morgan fingerprint density at radius 3 is 3.06 bits per heavy atom. The van der Waals surface area contributed by atoms with Gasteiger partial charge >= 0.3 is 0 Å². The molecule has 1 aromatic heterocycles. The Kier molecular flexibility index (Phi) is 4.49. The summed E-state index contributed by atoms with van der Waals surface area (Å²) >= 11 is 0. The Bertz CT molecular complexity index is 395. The summed E-state index contributed by atoms with van der Waals surface area (Å²) in [7, 11) is 1.89. The molecular formula is C13H19FN2O2. The van der Waals surface area contributed by atoms with E-state index in [1.165, 1.54) is 18.7 Å². The fourth-order valence-electron chi connectivity index (χ4n) is 2.28. The number of ether oxygens (including phenoxy) is 1. The average molecular weight is 254 g/mol. The molecule has 1 unspecified atom stereocenters. The van der Waals surface area contributed by atoms with E-state index in [-0.39, 0.29) is 12.7 Å². The summed E-state index contributed by atoms with van der Waals surface area (Å²) in [5.41, 5.74) is 0.508. The average Bonchev–Trinajstić information content (AvgIpc) is 2.39. The van der Waals surface area contributed by atoms with Crippen molar-refractivity contribution < 1.29 is 14.2 Å². The Balaban J connectivity index is 2.05. The number of anilines is 1. The highest BCUT2D eigenvalue weighted by atomic mass is 19.1. The number of nitrogens with zero attached hydrogens (tertiary/aromatic N) is 2. The zero-order valence-electron chi connectivity index (χ0n) is 10.6. The van der Waals surface area contributed by atoms with Crippen LogP contribution >= 0.6 is 0 Å². The second kappa shape index (κ2) is 6.11. The maximum Gasteiger partial charge on any atom is 0.142 e. The van der Waals surface area contributed by atoms with E-state index in [9.17, 15) is 9.50 Å². The van der Waals surface area contributed by atoms with Gasteiger partial charge in [-0.2, -0.15) is 0 Å². The van der Waals surface area contributed by atoms with E-state index >= 15 is 0 Å². The lowest BCUT2D eigenvalue weighted by Crippen LogP contribution is -2.34. The molecular weight excluding hydrogens is 235 g/mol. The van der Waals surface area contributed by atoms with Crippen LogP contribution in [0, 0.1) is 5.82 Å². The van der Waals surface area contributed by atoms with Crippen molar-refractivity contribution in [2.45, 2.75) is 32.0 Å². The van der Waals surface area contributed by atoms with Crippen molar-refractivity contribution in [1.82, 2.24) is 4.98 Å². The number of aliphatic hydroxyl groups is 1. The SMILES string of the molecule is CN(CC1CCCCO1)c1ncc(F)cc1CO. The van der Waals surface area contributed by atoms with Gasteiger partial charge < -0.3 is 14.7 Å². The quantitative estimate of drug-likeness (QED) is 0.888. The number of rotatable bonds is 4. The van der Waals surface area contributed by atoms with E-state index in [0.29, 0.717) is 17.9 Å². The second-order valence-corrected chi connectivity index (χ2v) is 4.66. The van der Waals surface area contributed by atoms with Crippen LogP contribution in [0.5, 0.6) is 0 Å². The molecule has 0 spiro atoms. The summed E-state index contributed by atoms with van der Waals surface area (Å²) in [4.78, 5) is 5.97. The number of aromatic nitrogens is 1. The molecule has 0 aliphatic carbocycles. The fourth-order valence-corrected chi connectivity index (χ4v) is 2.28. The van der Waals surface area contributed by atoms with E-state index in [2.05, 4.69) is 4.98 Å². The van der Waals surface area contributed by atoms with E-state index in [4.69, 9.17) is 4.74 Å². The highest BCUT2D eigenvalue weighted by Crippen LogP contribution is 2.20. The third-order valence-corrected chi connectivity index (χ3v) is 3.19. The molecule has 18 heavy (non-hydrogen) atoms. The van der Waals surface area contributed by atoms with Gasteiger partial charge in [0.25, 0.3) is 0 Å². The molecule has 0 aromatic carbocycles. The van der Waals surface area contributed by atoms with Gasteiger partial charge in [0.15, 0.2) is 0 Å². The third-order valence-electron chi connectivity index (χ3n) is 3.19. The largest absolute Gasteiger partial charge is 0.392 e. The predicted octanol–water partition coefficient (Wildman–Crippen LogP) is 1.72. The molecule has 2 rings (SSSR count). The van der Waals surface area contributed by atoms with Gasteiger partial charge in [0.05, 0.1) is 18.9 Å². The van der Waals surface area contributed by atoms with Crippen LogP contribution in [0.2, 0.25) is 0 Å². The number of hydrogen-bond acceptors (Lipinski definition) is 4. The molecule has 2 heterocycles. The smallest absolute Gasteiger partial charge is 0.142 e. The minimum Gasteiger partial charge on any atom is -0.392 e. The first kappa shape index (κ1) is 13.2. The van der Waals surface area contributed by atoms with Crippen LogP contribution in [0.1, 0.15) is 24.8 Å². The zero-order valence-corrected chi connectivity index (χ0v) is 10.6. The van der Waals surface area contributed by atoms with Crippen molar-refractivity contribution in [3.8, 4) is 0 Å². The maximum absolute atomic E-state index is 13.0. The molecule has 1 aromatic rings. The van der Waals surface area contributed by atoms with Gasteiger partial charge in [-0.15, -0.1) is 0 Å². The fraction of sp³-hybridized carbons (Fsp3) is 0.615. The molecule has 1 aliphatic rings. The van der Waals surface area contributed by atoms with Crippen molar-refractivity contribution >= 4 is 5.82 Å². The Morgan fingerprint density at radius 1 is 1.56 bits per heavy atom. The predicted molar refractivity (Wildman–Crippen MR) is 67.0 cm³/mol. The molecule has 4 nitrogen and oxygen atoms in total. The first-order valence-corrected chi connectivity index (χ1v) is 6.28. The van der Waals surface area contributed by atoms with Crippen LogP contribution in [0.4, 0.5) is 10.2 Å². The number of aliphatic hydroxyl groups excluding tert-OH is 1. The lowest BCUT2D eigenvalue weighted by atomic mass is 10.1. The molecule has 1 saturated heterocycles. The van der Waals surface area contributed by atoms with Crippen molar-refractivity contribution in [3.63, 3.8) is 0 Å². The standard InChI is InChI=1S/C13H19FN2O2/c1-16(8-12-4-2-3-5-18-12)13-10(9-17)6-11(14)7-15-13/h6-7,12,17H,2-5,8-9H2,1H3. The number of likely N-dealkylation sites (N-methyl/N-ethyl adjacent to an activating group) is 1. The van der Waals surface area contributed by atoms with Gasteiger partial charge in [0, 0.05) is 25.8 Å². The summed E-state index contributed by atoms with van der Waals surface area (Å²) in [5, 5.41) is 9.23. The van der Waals surface area contributed by atoms with Crippen LogP contribution in [0.15, 0.2) is 12.3 Å². The van der Waals surface area contributed by atoms with Crippen molar-refractivity contribution in [2.75, 3.05) is 25.1 Å². The van der Waals surface area contributed by atoms with Crippen LogP contribution in [-0.4, -0.2) is 36.4 Å². The topological polar surface area (TPSA) is 45.6 Å². The maximum atomic E-state index is 13.0. The first-order chi connectivity index (χ1) is 8.70. The van der Waals surface area contributed by atoms with Crippen LogP contribution in [-0.2, 0) is 11.3 Å². The lowest BCUT2D eigenvalue weighted by Gasteiger charge is -2.28. The van der Waals surface area contributed by atoms with Crippen LogP contribution in [0.25, 0.3) is 0 Å². The monoisotopic (exact) mass is 254 g/mol. The lowest BCUT2D eigenvalue weighted by molar-refractivity contribution is 0.0215. The van der Waals surface area contributed by atoms with Gasteiger partial charge in [-0.05, 0) is 25.3 Å². The normalized spacial score (nSPS) is 19.8. The molecule has 1 atom stereocenters. The highest BCUT2D eigenvalue weighted by Gasteiger charge is 2.18. The van der Waals surface area contributed by atoms with Gasteiger partial charge in [0.1, 0.15) is 11.6 Å². The number of halogens is 1. The molecule has 1 N–H and O–H groups in total. The van der Waals surface area contributed by atoms with Gasteiger partial charge in [0.2, 0.25) is 0 Å². The Hall–Kier alpha value is -1.20. The summed E-state index contributed by atoms with van der Waals surface area (Å²) in [5.74, 6) is 0.193. The molecule has 5 heteroatoms. The van der Waals surface area contributed by atoms with Crippen molar-refractivity contribution in [1.29, 1.82) is 0 Å². The molecule has 100 valence electrons. The van der Waals surface area contributed by atoms with E-state index < -0.39 is 5.82 Å².